The van der Waals surface area contributed by atoms with Crippen LogP contribution in [0.1, 0.15) is 46.0 Å². The van der Waals surface area contributed by atoms with Gasteiger partial charge in [0.1, 0.15) is 27.9 Å². The van der Waals surface area contributed by atoms with Gasteiger partial charge < -0.3 is 34.0 Å². The number of anilines is 1. The number of rotatable bonds is 12. The number of benzene rings is 2. The number of hydrogen-bond donors (Lipinski definition) is 1. The van der Waals surface area contributed by atoms with Gasteiger partial charge in [-0.25, -0.2) is 14.6 Å². The molecule has 0 saturated carbocycles. The number of amides is 1. The molecular formula is C38H40Cl2N4O10. The van der Waals surface area contributed by atoms with E-state index in [1.807, 2.05) is 0 Å². The van der Waals surface area contributed by atoms with Crippen molar-refractivity contribution in [1.29, 1.82) is 0 Å². The molecule has 2 aromatic carbocycles. The van der Waals surface area contributed by atoms with Crippen LogP contribution in [0.3, 0.4) is 0 Å². The van der Waals surface area contributed by atoms with Gasteiger partial charge in [0.25, 0.3) is 6.47 Å². The molecule has 54 heavy (non-hydrogen) atoms. The van der Waals surface area contributed by atoms with E-state index in [2.05, 4.69) is 9.88 Å². The Morgan fingerprint density at radius 2 is 1.69 bits per heavy atom. The molecule has 4 aromatic rings. The first kappa shape index (κ1) is 39.9. The summed E-state index contributed by atoms with van der Waals surface area (Å²) in [4.78, 5) is 43.9. The predicted molar refractivity (Wildman–Crippen MR) is 198 cm³/mol. The molecule has 2 bridgehead atoms. The van der Waals surface area contributed by atoms with E-state index in [1.165, 1.54) is 38.6 Å². The number of esters is 1. The van der Waals surface area contributed by atoms with Crippen molar-refractivity contribution in [1.82, 2.24) is 9.88 Å². The zero-order valence-corrected chi connectivity index (χ0v) is 31.4. The molecule has 0 aliphatic carbocycles. The summed E-state index contributed by atoms with van der Waals surface area (Å²) in [5.74, 6) is 0.937. The Morgan fingerprint density at radius 3 is 2.28 bits per heavy atom. The van der Waals surface area contributed by atoms with Crippen LogP contribution in [0.2, 0.25) is 10.0 Å². The minimum absolute atomic E-state index is 0.0709. The highest BCUT2D eigenvalue weighted by atomic mass is 35.5. The minimum Gasteiger partial charge on any atom is -0.619 e. The lowest BCUT2D eigenvalue weighted by Gasteiger charge is -2.44. The molecule has 286 valence electrons. The van der Waals surface area contributed by atoms with Gasteiger partial charge in [-0.2, -0.15) is 4.73 Å². The SMILES string of the molecule is COc1ccc([C@H](Cc2c(Cl)c[n+]([O-])cc2Cl)OC(=O)c2ccc(CN(C(=O)O[C@H]3CN4CCC3CC4)c3cccnc3OC)cc2)cc1OC.O=CO. The average Bonchev–Trinajstić information content (AvgIpc) is 3.18. The minimum atomic E-state index is -0.871. The second kappa shape index (κ2) is 18.6. The number of hydrogen-bond acceptors (Lipinski definition) is 11. The molecule has 3 fully saturated rings. The fourth-order valence-corrected chi connectivity index (χ4v) is 7.15. The van der Waals surface area contributed by atoms with Crippen molar-refractivity contribution in [3.8, 4) is 17.4 Å². The molecule has 3 saturated heterocycles. The molecule has 1 N–H and O–H groups in total. The monoisotopic (exact) mass is 782 g/mol. The summed E-state index contributed by atoms with van der Waals surface area (Å²) in [7, 11) is 4.53. The molecule has 1 amide bonds. The zero-order valence-electron chi connectivity index (χ0n) is 29.9. The Bertz CT molecular complexity index is 1900. The Hall–Kier alpha value is -5.31. The van der Waals surface area contributed by atoms with E-state index in [0.717, 1.165) is 38.0 Å². The largest absolute Gasteiger partial charge is 0.619 e. The van der Waals surface area contributed by atoms with Gasteiger partial charge in [-0.3, -0.25) is 14.6 Å². The van der Waals surface area contributed by atoms with Crippen LogP contribution in [0.15, 0.2) is 73.2 Å². The van der Waals surface area contributed by atoms with Crippen LogP contribution in [0.4, 0.5) is 10.5 Å². The second-order valence-corrected chi connectivity index (χ2v) is 13.3. The summed E-state index contributed by atoms with van der Waals surface area (Å²) in [6, 6.07) is 15.4. The third-order valence-electron chi connectivity index (χ3n) is 9.31. The molecule has 3 aliphatic rings. The molecule has 0 unspecified atom stereocenters. The number of carboxylic acid groups (broad SMARTS) is 1. The summed E-state index contributed by atoms with van der Waals surface area (Å²) in [6.45, 7) is 2.66. The highest BCUT2D eigenvalue weighted by molar-refractivity contribution is 6.35. The molecule has 2 atom stereocenters. The summed E-state index contributed by atoms with van der Waals surface area (Å²) < 4.78 is 29.0. The zero-order chi connectivity index (χ0) is 38.8. The van der Waals surface area contributed by atoms with Crippen LogP contribution < -0.4 is 23.8 Å². The van der Waals surface area contributed by atoms with Gasteiger partial charge in [-0.1, -0.05) is 41.4 Å². The number of halogens is 2. The van der Waals surface area contributed by atoms with Gasteiger partial charge in [0, 0.05) is 24.7 Å². The molecule has 5 heterocycles. The van der Waals surface area contributed by atoms with Crippen LogP contribution in [0, 0.1) is 11.1 Å². The second-order valence-electron chi connectivity index (χ2n) is 12.5. The quantitative estimate of drug-likeness (QED) is 0.0759. The summed E-state index contributed by atoms with van der Waals surface area (Å²) in [5, 5.41) is 19.0. The van der Waals surface area contributed by atoms with Gasteiger partial charge in [0.2, 0.25) is 5.88 Å². The highest BCUT2D eigenvalue weighted by Crippen LogP contribution is 2.36. The summed E-state index contributed by atoms with van der Waals surface area (Å²) >= 11 is 12.8. The van der Waals surface area contributed by atoms with E-state index >= 15 is 0 Å². The number of fused-ring (bicyclic) bond motifs is 3. The van der Waals surface area contributed by atoms with Crippen LogP contribution in [-0.2, 0) is 27.2 Å². The average molecular weight is 784 g/mol. The lowest BCUT2D eigenvalue weighted by molar-refractivity contribution is -0.605. The van der Waals surface area contributed by atoms with Crippen LogP contribution in [0.5, 0.6) is 17.4 Å². The van der Waals surface area contributed by atoms with Crippen molar-refractivity contribution >= 4 is 47.4 Å². The number of carbonyl (C=O) groups excluding carboxylic acids is 2. The van der Waals surface area contributed by atoms with Crippen molar-refractivity contribution < 1.29 is 47.9 Å². The summed E-state index contributed by atoms with van der Waals surface area (Å²) in [5.41, 5.74) is 2.49. The molecule has 3 aliphatic heterocycles. The van der Waals surface area contributed by atoms with Gasteiger partial charge in [0.05, 0.1) is 33.4 Å². The number of methoxy groups -OCH3 is 3. The smallest absolute Gasteiger partial charge is 0.415 e. The van der Waals surface area contributed by atoms with Crippen LogP contribution in [0.25, 0.3) is 0 Å². The first-order valence-corrected chi connectivity index (χ1v) is 17.7. The molecule has 0 spiro atoms. The lowest BCUT2D eigenvalue weighted by atomic mass is 9.86. The third kappa shape index (κ3) is 9.61. The van der Waals surface area contributed by atoms with Gasteiger partial charge in [0.15, 0.2) is 23.9 Å². The third-order valence-corrected chi connectivity index (χ3v) is 9.96. The number of carbonyl (C=O) groups is 3. The van der Waals surface area contributed by atoms with Crippen molar-refractivity contribution in [2.24, 2.45) is 5.92 Å². The number of nitrogens with zero attached hydrogens (tertiary/aromatic N) is 4. The number of piperidine rings is 3. The lowest BCUT2D eigenvalue weighted by Crippen LogP contribution is -2.53. The Balaban J connectivity index is 0.00000181. The predicted octanol–water partition coefficient (Wildman–Crippen LogP) is 6.13. The topological polar surface area (TPSA) is 164 Å². The highest BCUT2D eigenvalue weighted by Gasteiger charge is 2.38. The van der Waals surface area contributed by atoms with Crippen molar-refractivity contribution in [3.05, 3.63) is 111 Å². The van der Waals surface area contributed by atoms with E-state index in [4.69, 9.17) is 56.8 Å². The maximum Gasteiger partial charge on any atom is 0.415 e. The molecule has 0 radical (unpaired) electrons. The maximum absolute atomic E-state index is 13.8. The van der Waals surface area contributed by atoms with Crippen molar-refractivity contribution in [2.75, 3.05) is 45.9 Å². The van der Waals surface area contributed by atoms with Crippen molar-refractivity contribution in [3.63, 3.8) is 0 Å². The van der Waals surface area contributed by atoms with E-state index in [-0.39, 0.29) is 47.0 Å². The molecule has 7 rings (SSSR count). The number of pyridine rings is 2. The maximum atomic E-state index is 13.8. The Morgan fingerprint density at radius 1 is 1.02 bits per heavy atom. The van der Waals surface area contributed by atoms with E-state index < -0.39 is 18.2 Å². The number of ether oxygens (including phenoxy) is 5. The molecule has 14 nitrogen and oxygen atoms in total. The first-order chi connectivity index (χ1) is 26.1. The molecule has 2 aromatic heterocycles. The van der Waals surface area contributed by atoms with Crippen LogP contribution >= 0.6 is 23.2 Å². The van der Waals surface area contributed by atoms with Crippen molar-refractivity contribution in [2.45, 2.75) is 38.0 Å². The van der Waals surface area contributed by atoms with Gasteiger partial charge >= 0.3 is 12.1 Å². The fourth-order valence-electron chi connectivity index (χ4n) is 6.55. The molecule has 16 heteroatoms. The molecular weight excluding hydrogens is 743 g/mol. The summed E-state index contributed by atoms with van der Waals surface area (Å²) in [6.07, 6.45) is 4.48. The van der Waals surface area contributed by atoms with Gasteiger partial charge in [-0.15, -0.1) is 0 Å². The Kier molecular flexibility index (Phi) is 13.8. The van der Waals surface area contributed by atoms with E-state index in [9.17, 15) is 14.8 Å². The van der Waals surface area contributed by atoms with E-state index in [1.54, 1.807) is 60.8 Å². The van der Waals surface area contributed by atoms with Crippen LogP contribution in [-0.4, -0.2) is 80.6 Å². The standard InChI is InChI=1S/C37H38Cl2N4O8.CH2O2/c1-47-31-11-10-26(17-33(31)48-2)32(18-27-28(38)20-42(46)21-29(27)39)50-36(44)25-8-6-23(7-9-25)19-43(30-5-4-14-40-35(30)49-3)37(45)51-34-22-41-15-12-24(34)13-16-41;2-1-3/h4-11,14,17,20-21,24,32,34H,12-13,15-16,18-19,22H2,1-3H3;1H,(H,2,3)/t32-,34-;/m0./s1. The first-order valence-electron chi connectivity index (χ1n) is 16.9. The Labute approximate surface area is 322 Å². The van der Waals surface area contributed by atoms with Gasteiger partial charge in [-0.05, 0) is 79.4 Å². The fraction of sp³-hybridized carbons (Fsp3) is 0.342. The number of aromatic nitrogens is 2. The van der Waals surface area contributed by atoms with E-state index in [0.29, 0.717) is 39.0 Å². The normalized spacial score (nSPS) is 17.6.